The number of rotatable bonds is 7. The summed E-state index contributed by atoms with van der Waals surface area (Å²) in [4.78, 5) is 13.0. The zero-order valence-corrected chi connectivity index (χ0v) is 12.9. The Kier molecular flexibility index (Phi) is 5.76. The Morgan fingerprint density at radius 1 is 1.57 bits per heavy atom. The second-order valence-corrected chi connectivity index (χ2v) is 6.08. The maximum Gasteiger partial charge on any atom is 0.305 e. The van der Waals surface area contributed by atoms with Gasteiger partial charge in [0.05, 0.1) is 32.4 Å². The van der Waals surface area contributed by atoms with E-state index in [1.807, 2.05) is 12.4 Å². The van der Waals surface area contributed by atoms with E-state index in [0.717, 1.165) is 38.3 Å². The average molecular weight is 295 g/mol. The van der Waals surface area contributed by atoms with Gasteiger partial charge in [0.1, 0.15) is 0 Å². The van der Waals surface area contributed by atoms with Crippen LogP contribution >= 0.6 is 0 Å². The van der Waals surface area contributed by atoms with Crippen LogP contribution in [0.1, 0.15) is 32.3 Å². The first-order valence-electron chi connectivity index (χ1n) is 7.59. The van der Waals surface area contributed by atoms with Gasteiger partial charge in [-0.05, 0) is 12.3 Å². The van der Waals surface area contributed by atoms with Gasteiger partial charge in [0.15, 0.2) is 0 Å². The Labute approximate surface area is 125 Å². The molecule has 1 aliphatic heterocycles. The van der Waals surface area contributed by atoms with Crippen molar-refractivity contribution in [1.82, 2.24) is 14.7 Å². The highest BCUT2D eigenvalue weighted by Crippen LogP contribution is 2.18. The van der Waals surface area contributed by atoms with E-state index in [-0.39, 0.29) is 6.42 Å². The summed E-state index contributed by atoms with van der Waals surface area (Å²) in [6.07, 6.45) is 5.02. The van der Waals surface area contributed by atoms with Gasteiger partial charge >= 0.3 is 5.97 Å². The van der Waals surface area contributed by atoms with Crippen molar-refractivity contribution in [2.24, 2.45) is 5.92 Å². The minimum absolute atomic E-state index is 0.106. The summed E-state index contributed by atoms with van der Waals surface area (Å²) in [6.45, 7) is 8.26. The van der Waals surface area contributed by atoms with E-state index in [9.17, 15) is 4.79 Å². The average Bonchev–Trinajstić information content (AvgIpc) is 2.86. The van der Waals surface area contributed by atoms with Crippen molar-refractivity contribution in [2.45, 2.75) is 45.8 Å². The second-order valence-electron chi connectivity index (χ2n) is 6.08. The molecular formula is C15H25N3O3. The molecule has 1 fully saturated rings. The SMILES string of the molecule is CC(C)C[C@@H]1COCCN1Cc1cnn(CCC(=O)O)c1. The van der Waals surface area contributed by atoms with E-state index in [1.54, 1.807) is 4.68 Å². The monoisotopic (exact) mass is 295 g/mol. The van der Waals surface area contributed by atoms with Crippen molar-refractivity contribution >= 4 is 5.97 Å². The minimum Gasteiger partial charge on any atom is -0.481 e. The van der Waals surface area contributed by atoms with Crippen LogP contribution in [0.5, 0.6) is 0 Å². The Bertz CT molecular complexity index is 459. The second kappa shape index (κ2) is 7.56. The Morgan fingerprint density at radius 2 is 2.38 bits per heavy atom. The molecule has 118 valence electrons. The van der Waals surface area contributed by atoms with E-state index in [0.29, 0.717) is 18.5 Å². The summed E-state index contributed by atoms with van der Waals surface area (Å²) in [7, 11) is 0. The number of morpholine rings is 1. The molecule has 0 amide bonds. The molecule has 2 rings (SSSR count). The number of carboxylic acid groups (broad SMARTS) is 1. The van der Waals surface area contributed by atoms with Gasteiger partial charge in [-0.1, -0.05) is 13.8 Å². The summed E-state index contributed by atoms with van der Waals surface area (Å²) in [5.74, 6) is -0.144. The standard InChI is InChI=1S/C15H25N3O3/c1-12(2)7-14-11-21-6-5-17(14)9-13-8-16-18(10-13)4-3-15(19)20/h8,10,12,14H,3-7,9,11H2,1-2H3,(H,19,20)/t14-/m1/s1. The molecule has 21 heavy (non-hydrogen) atoms. The van der Waals surface area contributed by atoms with Crippen LogP contribution in [0.2, 0.25) is 0 Å². The number of hydrogen-bond donors (Lipinski definition) is 1. The lowest BCUT2D eigenvalue weighted by Gasteiger charge is -2.36. The fourth-order valence-corrected chi connectivity index (χ4v) is 2.71. The molecular weight excluding hydrogens is 270 g/mol. The number of ether oxygens (including phenoxy) is 1. The number of carbonyl (C=O) groups is 1. The summed E-state index contributed by atoms with van der Waals surface area (Å²) in [5.41, 5.74) is 1.14. The van der Waals surface area contributed by atoms with Crippen molar-refractivity contribution in [3.05, 3.63) is 18.0 Å². The van der Waals surface area contributed by atoms with Gasteiger partial charge in [0, 0.05) is 30.9 Å². The number of nitrogens with zero attached hydrogens (tertiary/aromatic N) is 3. The van der Waals surface area contributed by atoms with Crippen molar-refractivity contribution in [1.29, 1.82) is 0 Å². The van der Waals surface area contributed by atoms with Crippen LogP contribution in [0.25, 0.3) is 0 Å². The predicted molar refractivity (Wildman–Crippen MR) is 79.0 cm³/mol. The van der Waals surface area contributed by atoms with Gasteiger partial charge in [0.25, 0.3) is 0 Å². The third kappa shape index (κ3) is 5.13. The summed E-state index contributed by atoms with van der Waals surface area (Å²) >= 11 is 0. The quantitative estimate of drug-likeness (QED) is 0.827. The molecule has 0 saturated carbocycles. The van der Waals surface area contributed by atoms with Crippen molar-refractivity contribution in [3.8, 4) is 0 Å². The third-order valence-corrected chi connectivity index (χ3v) is 3.72. The normalized spacial score (nSPS) is 20.0. The van der Waals surface area contributed by atoms with Crippen LogP contribution in [-0.2, 0) is 22.6 Å². The molecule has 1 aliphatic rings. The lowest BCUT2D eigenvalue weighted by molar-refractivity contribution is -0.137. The predicted octanol–water partition coefficient (Wildman–Crippen LogP) is 1.60. The lowest BCUT2D eigenvalue weighted by atomic mass is 10.0. The maximum absolute atomic E-state index is 10.6. The molecule has 2 heterocycles. The first kappa shape index (κ1) is 16.0. The van der Waals surface area contributed by atoms with Gasteiger partial charge in [-0.25, -0.2) is 0 Å². The Morgan fingerprint density at radius 3 is 3.10 bits per heavy atom. The van der Waals surface area contributed by atoms with Gasteiger partial charge in [-0.2, -0.15) is 5.10 Å². The van der Waals surface area contributed by atoms with Crippen LogP contribution in [0, 0.1) is 5.92 Å². The van der Waals surface area contributed by atoms with Crippen LogP contribution in [0.15, 0.2) is 12.4 Å². The maximum atomic E-state index is 10.6. The molecule has 0 unspecified atom stereocenters. The third-order valence-electron chi connectivity index (χ3n) is 3.72. The van der Waals surface area contributed by atoms with E-state index < -0.39 is 5.97 Å². The zero-order valence-electron chi connectivity index (χ0n) is 12.9. The summed E-state index contributed by atoms with van der Waals surface area (Å²) in [6, 6.07) is 0.459. The van der Waals surface area contributed by atoms with E-state index in [4.69, 9.17) is 9.84 Å². The fourth-order valence-electron chi connectivity index (χ4n) is 2.71. The molecule has 1 aromatic heterocycles. The molecule has 0 aromatic carbocycles. The molecule has 1 saturated heterocycles. The summed E-state index contributed by atoms with van der Waals surface area (Å²) in [5, 5.41) is 12.9. The fraction of sp³-hybridized carbons (Fsp3) is 0.733. The largest absolute Gasteiger partial charge is 0.481 e. The van der Waals surface area contributed by atoms with Crippen LogP contribution in [0.4, 0.5) is 0 Å². The highest BCUT2D eigenvalue weighted by molar-refractivity contribution is 5.66. The highest BCUT2D eigenvalue weighted by Gasteiger charge is 2.24. The molecule has 1 atom stereocenters. The zero-order chi connectivity index (χ0) is 15.2. The smallest absolute Gasteiger partial charge is 0.305 e. The van der Waals surface area contributed by atoms with Gasteiger partial charge in [0.2, 0.25) is 0 Å². The molecule has 1 N–H and O–H groups in total. The van der Waals surface area contributed by atoms with Crippen molar-refractivity contribution < 1.29 is 14.6 Å². The van der Waals surface area contributed by atoms with Crippen LogP contribution in [0.3, 0.4) is 0 Å². The van der Waals surface area contributed by atoms with Crippen LogP contribution in [-0.4, -0.2) is 51.6 Å². The molecule has 6 heteroatoms. The van der Waals surface area contributed by atoms with Gasteiger partial charge < -0.3 is 9.84 Å². The highest BCUT2D eigenvalue weighted by atomic mass is 16.5. The Hall–Kier alpha value is -1.40. The molecule has 6 nitrogen and oxygen atoms in total. The first-order chi connectivity index (χ1) is 10.0. The van der Waals surface area contributed by atoms with Crippen molar-refractivity contribution in [2.75, 3.05) is 19.8 Å². The van der Waals surface area contributed by atoms with Crippen LogP contribution < -0.4 is 0 Å². The first-order valence-corrected chi connectivity index (χ1v) is 7.59. The number of aryl methyl sites for hydroxylation is 1. The van der Waals surface area contributed by atoms with E-state index in [2.05, 4.69) is 23.8 Å². The Balaban J connectivity index is 1.91. The number of hydrogen-bond acceptors (Lipinski definition) is 4. The molecule has 0 aliphatic carbocycles. The topological polar surface area (TPSA) is 67.6 Å². The van der Waals surface area contributed by atoms with Gasteiger partial charge in [-0.15, -0.1) is 0 Å². The molecule has 0 spiro atoms. The van der Waals surface area contributed by atoms with E-state index >= 15 is 0 Å². The minimum atomic E-state index is -0.794. The number of carboxylic acids is 1. The van der Waals surface area contributed by atoms with Crippen molar-refractivity contribution in [3.63, 3.8) is 0 Å². The summed E-state index contributed by atoms with van der Waals surface area (Å²) < 4.78 is 7.30. The lowest BCUT2D eigenvalue weighted by Crippen LogP contribution is -2.45. The number of aliphatic carboxylic acids is 1. The molecule has 1 aromatic rings. The van der Waals surface area contributed by atoms with Gasteiger partial charge in [-0.3, -0.25) is 14.4 Å². The molecule has 0 bridgehead atoms. The number of aromatic nitrogens is 2. The van der Waals surface area contributed by atoms with E-state index in [1.165, 1.54) is 0 Å². The molecule has 0 radical (unpaired) electrons.